The maximum Gasteiger partial charge on any atom is 0.335 e. The molecule has 1 amide bonds. The van der Waals surface area contributed by atoms with Crippen LogP contribution in [0.3, 0.4) is 0 Å². The van der Waals surface area contributed by atoms with Gasteiger partial charge in [-0.1, -0.05) is 24.3 Å². The Kier molecular flexibility index (Phi) is 6.30. The molecular weight excluding hydrogens is 370 g/mol. The fourth-order valence-electron chi connectivity index (χ4n) is 2.24. The molecule has 8 nitrogen and oxygen atoms in total. The second-order valence-electron chi connectivity index (χ2n) is 5.83. The summed E-state index contributed by atoms with van der Waals surface area (Å²) in [6, 6.07) is 12.7. The monoisotopic (exact) mass is 389 g/mol. The first-order valence-corrected chi connectivity index (χ1v) is 9.71. The molecule has 0 unspecified atom stereocenters. The highest BCUT2D eigenvalue weighted by molar-refractivity contribution is 7.92. The molecule has 0 saturated carbocycles. The number of hydrazone groups is 1. The molecule has 2 rings (SSSR count). The molecular formula is C18H19N3O5S. The van der Waals surface area contributed by atoms with E-state index >= 15 is 0 Å². The third-order valence-electron chi connectivity index (χ3n) is 3.54. The third-order valence-corrected chi connectivity index (χ3v) is 4.68. The van der Waals surface area contributed by atoms with Crippen molar-refractivity contribution in [3.8, 4) is 0 Å². The van der Waals surface area contributed by atoms with Crippen LogP contribution in [0.2, 0.25) is 0 Å². The first-order valence-electron chi connectivity index (χ1n) is 7.86. The second-order valence-corrected chi connectivity index (χ2v) is 7.74. The number of amides is 1. The molecule has 2 N–H and O–H groups in total. The SMILES string of the molecule is Cc1cccc(N(CC(=O)N/N=C\c2ccc(C(=O)O)cc2)S(C)(=O)=O)c1. The van der Waals surface area contributed by atoms with Gasteiger partial charge in [0.05, 0.1) is 23.7 Å². The van der Waals surface area contributed by atoms with Gasteiger partial charge in [-0.25, -0.2) is 18.6 Å². The largest absolute Gasteiger partial charge is 0.478 e. The lowest BCUT2D eigenvalue weighted by Crippen LogP contribution is -2.39. The fraction of sp³-hybridized carbons (Fsp3) is 0.167. The van der Waals surface area contributed by atoms with Gasteiger partial charge in [0.2, 0.25) is 10.0 Å². The lowest BCUT2D eigenvalue weighted by atomic mass is 10.1. The molecule has 9 heteroatoms. The van der Waals surface area contributed by atoms with Crippen molar-refractivity contribution in [2.75, 3.05) is 17.1 Å². The van der Waals surface area contributed by atoms with Crippen LogP contribution >= 0.6 is 0 Å². The van der Waals surface area contributed by atoms with Gasteiger partial charge in [-0.05, 0) is 42.3 Å². The minimum atomic E-state index is -3.65. The molecule has 0 radical (unpaired) electrons. The molecule has 0 aromatic heterocycles. The van der Waals surface area contributed by atoms with Crippen LogP contribution in [0.15, 0.2) is 53.6 Å². The van der Waals surface area contributed by atoms with E-state index in [-0.39, 0.29) is 5.56 Å². The molecule has 2 aromatic rings. The number of nitrogens with zero attached hydrogens (tertiary/aromatic N) is 2. The molecule has 0 spiro atoms. The van der Waals surface area contributed by atoms with Crippen LogP contribution in [-0.4, -0.2) is 44.4 Å². The normalized spacial score (nSPS) is 11.3. The maximum atomic E-state index is 12.1. The first-order chi connectivity index (χ1) is 12.7. The van der Waals surface area contributed by atoms with E-state index in [1.807, 2.05) is 13.0 Å². The van der Waals surface area contributed by atoms with E-state index in [9.17, 15) is 18.0 Å². The lowest BCUT2D eigenvalue weighted by Gasteiger charge is -2.21. The number of carbonyl (C=O) groups is 2. The van der Waals surface area contributed by atoms with Crippen LogP contribution in [0.5, 0.6) is 0 Å². The lowest BCUT2D eigenvalue weighted by molar-refractivity contribution is -0.119. The molecule has 0 bridgehead atoms. The van der Waals surface area contributed by atoms with Crippen molar-refractivity contribution in [1.82, 2.24) is 5.43 Å². The highest BCUT2D eigenvalue weighted by atomic mass is 32.2. The van der Waals surface area contributed by atoms with E-state index in [0.29, 0.717) is 11.3 Å². The van der Waals surface area contributed by atoms with Gasteiger partial charge in [0, 0.05) is 0 Å². The topological polar surface area (TPSA) is 116 Å². The molecule has 0 heterocycles. The van der Waals surface area contributed by atoms with Crippen LogP contribution in [0.25, 0.3) is 0 Å². The average molecular weight is 389 g/mol. The molecule has 0 aliphatic rings. The quantitative estimate of drug-likeness (QED) is 0.551. The summed E-state index contributed by atoms with van der Waals surface area (Å²) >= 11 is 0. The van der Waals surface area contributed by atoms with E-state index in [1.165, 1.54) is 30.5 Å². The highest BCUT2D eigenvalue weighted by Crippen LogP contribution is 2.18. The van der Waals surface area contributed by atoms with Gasteiger partial charge in [0.1, 0.15) is 6.54 Å². The summed E-state index contributed by atoms with van der Waals surface area (Å²) < 4.78 is 25.0. The van der Waals surface area contributed by atoms with Crippen molar-refractivity contribution in [2.45, 2.75) is 6.92 Å². The summed E-state index contributed by atoms with van der Waals surface area (Å²) in [5.41, 5.74) is 4.24. The van der Waals surface area contributed by atoms with E-state index < -0.39 is 28.4 Å². The van der Waals surface area contributed by atoms with E-state index in [4.69, 9.17) is 5.11 Å². The zero-order chi connectivity index (χ0) is 20.0. The number of carboxylic acids is 1. The Labute approximate surface area is 157 Å². The van der Waals surface area contributed by atoms with Gasteiger partial charge in [0.15, 0.2) is 0 Å². The summed E-state index contributed by atoms with van der Waals surface area (Å²) in [6.45, 7) is 1.40. The van der Waals surface area contributed by atoms with E-state index in [0.717, 1.165) is 16.1 Å². The number of sulfonamides is 1. The predicted molar refractivity (Wildman–Crippen MR) is 103 cm³/mol. The minimum Gasteiger partial charge on any atom is -0.478 e. The van der Waals surface area contributed by atoms with Crippen molar-refractivity contribution >= 4 is 33.8 Å². The van der Waals surface area contributed by atoms with Gasteiger partial charge in [-0.15, -0.1) is 0 Å². The molecule has 0 aliphatic carbocycles. The summed E-state index contributed by atoms with van der Waals surface area (Å²) in [6.07, 6.45) is 2.36. The molecule has 0 aliphatic heterocycles. The molecule has 0 atom stereocenters. The molecule has 0 fully saturated rings. The van der Waals surface area contributed by atoms with Gasteiger partial charge < -0.3 is 5.11 Å². The zero-order valence-electron chi connectivity index (χ0n) is 14.8. The number of rotatable bonds is 7. The first kappa shape index (κ1) is 20.1. The molecule has 142 valence electrons. The number of nitrogens with one attached hydrogen (secondary N) is 1. The number of aromatic carboxylic acids is 1. The molecule has 2 aromatic carbocycles. The summed E-state index contributed by atoms with van der Waals surface area (Å²) in [5.74, 6) is -1.65. The Morgan fingerprint density at radius 2 is 1.85 bits per heavy atom. The van der Waals surface area contributed by atoms with E-state index in [1.54, 1.807) is 18.2 Å². The average Bonchev–Trinajstić information content (AvgIpc) is 2.59. The Hall–Kier alpha value is -3.20. The highest BCUT2D eigenvalue weighted by Gasteiger charge is 2.20. The van der Waals surface area contributed by atoms with Crippen LogP contribution in [0.1, 0.15) is 21.5 Å². The van der Waals surface area contributed by atoms with Crippen LogP contribution in [0, 0.1) is 6.92 Å². The number of carbonyl (C=O) groups excluding carboxylic acids is 1. The zero-order valence-corrected chi connectivity index (χ0v) is 15.6. The van der Waals surface area contributed by atoms with Crippen LogP contribution in [-0.2, 0) is 14.8 Å². The number of carboxylic acid groups (broad SMARTS) is 1. The Balaban J connectivity index is 2.04. The second kappa shape index (κ2) is 8.45. The van der Waals surface area contributed by atoms with Gasteiger partial charge in [-0.2, -0.15) is 5.10 Å². The Morgan fingerprint density at radius 1 is 1.19 bits per heavy atom. The molecule has 0 saturated heterocycles. The Bertz CT molecular complexity index is 969. The summed E-state index contributed by atoms with van der Waals surface area (Å²) in [4.78, 5) is 22.9. The number of hydrogen-bond acceptors (Lipinski definition) is 5. The minimum absolute atomic E-state index is 0.137. The van der Waals surface area contributed by atoms with Gasteiger partial charge in [-0.3, -0.25) is 9.10 Å². The number of aryl methyl sites for hydroxylation is 1. The van der Waals surface area contributed by atoms with Crippen molar-refractivity contribution in [2.24, 2.45) is 5.10 Å². The van der Waals surface area contributed by atoms with Crippen molar-refractivity contribution in [1.29, 1.82) is 0 Å². The van der Waals surface area contributed by atoms with Crippen molar-refractivity contribution < 1.29 is 23.1 Å². The van der Waals surface area contributed by atoms with Crippen molar-refractivity contribution in [3.05, 3.63) is 65.2 Å². The van der Waals surface area contributed by atoms with Crippen LogP contribution < -0.4 is 9.73 Å². The smallest absolute Gasteiger partial charge is 0.335 e. The fourth-order valence-corrected chi connectivity index (χ4v) is 3.09. The predicted octanol–water partition coefficient (Wildman–Crippen LogP) is 1.61. The van der Waals surface area contributed by atoms with Gasteiger partial charge >= 0.3 is 5.97 Å². The van der Waals surface area contributed by atoms with E-state index in [2.05, 4.69) is 10.5 Å². The van der Waals surface area contributed by atoms with Gasteiger partial charge in [0.25, 0.3) is 5.91 Å². The molecule has 27 heavy (non-hydrogen) atoms. The maximum absolute atomic E-state index is 12.1. The summed E-state index contributed by atoms with van der Waals surface area (Å²) in [5, 5.41) is 12.6. The Morgan fingerprint density at radius 3 is 2.41 bits per heavy atom. The third kappa shape index (κ3) is 5.93. The summed E-state index contributed by atoms with van der Waals surface area (Å²) in [7, 11) is -3.65. The van der Waals surface area contributed by atoms with Crippen molar-refractivity contribution in [3.63, 3.8) is 0 Å². The number of anilines is 1. The number of benzene rings is 2. The standard InChI is InChI=1S/C18H19N3O5S/c1-13-4-3-5-16(10-13)21(27(2,25)26)12-17(22)20-19-11-14-6-8-15(9-7-14)18(23)24/h3-11H,12H2,1-2H3,(H,20,22)(H,23,24)/b19-11-. The number of hydrogen-bond donors (Lipinski definition) is 2. The van der Waals surface area contributed by atoms with Crippen LogP contribution in [0.4, 0.5) is 5.69 Å².